The average molecular weight is 430 g/mol. The molecule has 2 aromatic heterocycles. The normalized spacial score (nSPS) is 13.6. The van der Waals surface area contributed by atoms with Gasteiger partial charge >= 0.3 is 0 Å². The van der Waals surface area contributed by atoms with Gasteiger partial charge in [-0.1, -0.05) is 34.1 Å². The van der Waals surface area contributed by atoms with E-state index < -0.39 is 9.84 Å². The first kappa shape index (κ1) is 22.4. The minimum absolute atomic E-state index is 0.164. The molecule has 0 radical (unpaired) electrons. The summed E-state index contributed by atoms with van der Waals surface area (Å²) in [5.41, 5.74) is 1.50. The maximum atomic E-state index is 13.0. The topological polar surface area (TPSA) is 74.1 Å². The second kappa shape index (κ2) is 8.86. The molecule has 0 bridgehead atoms. The number of hydrogen-bond acceptors (Lipinski definition) is 5. The first-order valence-electron chi connectivity index (χ1n) is 10.3. The number of fused-ring (bicyclic) bond motifs is 1. The predicted octanol–water partition coefficient (Wildman–Crippen LogP) is 4.62. The molecule has 0 aliphatic carbocycles. The van der Waals surface area contributed by atoms with Gasteiger partial charge in [-0.05, 0) is 42.7 Å². The zero-order valence-corrected chi connectivity index (χ0v) is 19.2. The van der Waals surface area contributed by atoms with Gasteiger partial charge in [0, 0.05) is 38.1 Å². The van der Waals surface area contributed by atoms with Gasteiger partial charge in [-0.2, -0.15) is 0 Å². The molecule has 30 heavy (non-hydrogen) atoms. The Morgan fingerprint density at radius 1 is 1.10 bits per heavy atom. The van der Waals surface area contributed by atoms with Gasteiger partial charge < -0.3 is 9.30 Å². The van der Waals surface area contributed by atoms with Crippen molar-refractivity contribution < 1.29 is 13.2 Å². The van der Waals surface area contributed by atoms with Gasteiger partial charge in [0.05, 0.1) is 20.8 Å². The predicted molar refractivity (Wildman–Crippen MR) is 118 cm³/mol. The van der Waals surface area contributed by atoms with Crippen LogP contribution in [0, 0.1) is 5.92 Å². The van der Waals surface area contributed by atoms with Gasteiger partial charge in [-0.3, -0.25) is 4.98 Å². The monoisotopic (exact) mass is 429 g/mol. The summed E-state index contributed by atoms with van der Waals surface area (Å²) in [4.78, 5) is 9.27. The maximum absolute atomic E-state index is 13.0. The van der Waals surface area contributed by atoms with Crippen molar-refractivity contribution in [3.8, 4) is 0 Å². The molecule has 3 rings (SSSR count). The molecule has 0 saturated carbocycles. The quantitative estimate of drug-likeness (QED) is 0.522. The molecule has 0 spiro atoms. The van der Waals surface area contributed by atoms with Crippen LogP contribution >= 0.6 is 0 Å². The summed E-state index contributed by atoms with van der Waals surface area (Å²) in [5.74, 6) is 1.43. The SMILES string of the molecule is CCC(CCOC)Cn1c(C(C)(C)C)nc2cc(S(=O)(=O)c3ccncc3)ccc21. The number of rotatable bonds is 8. The molecule has 1 unspecified atom stereocenters. The Kier molecular flexibility index (Phi) is 6.62. The zero-order chi connectivity index (χ0) is 21.9. The van der Waals surface area contributed by atoms with Crippen LogP contribution in [0.25, 0.3) is 11.0 Å². The number of ether oxygens (including phenoxy) is 1. The largest absolute Gasteiger partial charge is 0.385 e. The van der Waals surface area contributed by atoms with Crippen LogP contribution in [-0.2, 0) is 26.5 Å². The van der Waals surface area contributed by atoms with E-state index in [9.17, 15) is 8.42 Å². The number of pyridine rings is 1. The Morgan fingerprint density at radius 2 is 1.80 bits per heavy atom. The van der Waals surface area contributed by atoms with Crippen LogP contribution in [0.1, 0.15) is 46.4 Å². The summed E-state index contributed by atoms with van der Waals surface area (Å²) in [5, 5.41) is 0. The highest BCUT2D eigenvalue weighted by Gasteiger charge is 2.26. The third-order valence-corrected chi connectivity index (χ3v) is 7.18. The van der Waals surface area contributed by atoms with Crippen LogP contribution in [0.2, 0.25) is 0 Å². The summed E-state index contributed by atoms with van der Waals surface area (Å²) in [7, 11) is -1.89. The summed E-state index contributed by atoms with van der Waals surface area (Å²) in [6.07, 6.45) is 5.00. The minimum atomic E-state index is -3.62. The Labute approximate surface area is 179 Å². The van der Waals surface area contributed by atoms with Gasteiger partial charge in [-0.15, -0.1) is 0 Å². The number of hydrogen-bond donors (Lipinski definition) is 0. The average Bonchev–Trinajstić information content (AvgIpc) is 3.09. The first-order chi connectivity index (χ1) is 14.2. The van der Waals surface area contributed by atoms with Crippen molar-refractivity contribution >= 4 is 20.9 Å². The molecule has 0 aliphatic rings. The van der Waals surface area contributed by atoms with E-state index in [0.29, 0.717) is 11.4 Å². The lowest BCUT2D eigenvalue weighted by Gasteiger charge is -2.23. The van der Waals surface area contributed by atoms with Gasteiger partial charge in [0.1, 0.15) is 5.82 Å². The van der Waals surface area contributed by atoms with Gasteiger partial charge in [0.15, 0.2) is 0 Å². The molecule has 7 heteroatoms. The molecular weight excluding hydrogens is 398 g/mol. The van der Waals surface area contributed by atoms with Crippen molar-refractivity contribution in [1.29, 1.82) is 0 Å². The van der Waals surface area contributed by atoms with Crippen LogP contribution < -0.4 is 0 Å². The number of nitrogens with zero attached hydrogens (tertiary/aromatic N) is 3. The van der Waals surface area contributed by atoms with E-state index in [1.807, 2.05) is 6.07 Å². The maximum Gasteiger partial charge on any atom is 0.206 e. The lowest BCUT2D eigenvalue weighted by atomic mass is 9.95. The van der Waals surface area contributed by atoms with Crippen LogP contribution in [0.15, 0.2) is 52.5 Å². The Bertz CT molecular complexity index is 1100. The molecule has 162 valence electrons. The molecule has 1 atom stereocenters. The molecule has 0 amide bonds. The third kappa shape index (κ3) is 4.57. The molecule has 6 nitrogen and oxygen atoms in total. The van der Waals surface area contributed by atoms with Crippen molar-refractivity contribution in [3.05, 3.63) is 48.5 Å². The standard InChI is InChI=1S/C23H31N3O3S/c1-6-17(11-14-29-5)16-26-21-8-7-19(15-20(21)25-22(26)23(2,3)4)30(27,28)18-9-12-24-13-10-18/h7-10,12-13,15,17H,6,11,14,16H2,1-5H3. The second-order valence-corrected chi connectivity index (χ2v) is 10.6. The van der Waals surface area contributed by atoms with Gasteiger partial charge in [-0.25, -0.2) is 13.4 Å². The summed E-state index contributed by atoms with van der Waals surface area (Å²) in [6, 6.07) is 8.28. The van der Waals surface area contributed by atoms with Crippen molar-refractivity contribution in [1.82, 2.24) is 14.5 Å². The highest BCUT2D eigenvalue weighted by atomic mass is 32.2. The number of imidazole rings is 1. The fourth-order valence-corrected chi connectivity index (χ4v) is 4.92. The smallest absolute Gasteiger partial charge is 0.206 e. The van der Waals surface area contributed by atoms with Crippen molar-refractivity contribution in [3.63, 3.8) is 0 Å². The molecule has 2 heterocycles. The van der Waals surface area contributed by atoms with E-state index in [1.54, 1.807) is 19.2 Å². The highest BCUT2D eigenvalue weighted by molar-refractivity contribution is 7.91. The summed E-state index contributed by atoms with van der Waals surface area (Å²) >= 11 is 0. The molecular formula is C23H31N3O3S. The minimum Gasteiger partial charge on any atom is -0.385 e. The van der Waals surface area contributed by atoms with E-state index in [0.717, 1.165) is 37.3 Å². The number of methoxy groups -OCH3 is 1. The van der Waals surface area contributed by atoms with E-state index >= 15 is 0 Å². The van der Waals surface area contributed by atoms with Crippen molar-refractivity contribution in [2.45, 2.75) is 62.3 Å². The number of sulfone groups is 1. The zero-order valence-electron chi connectivity index (χ0n) is 18.4. The Hall–Kier alpha value is -2.25. The highest BCUT2D eigenvalue weighted by Crippen LogP contribution is 2.31. The fourth-order valence-electron chi connectivity index (χ4n) is 3.65. The van der Waals surface area contributed by atoms with Crippen LogP contribution in [0.4, 0.5) is 0 Å². The molecule has 0 aliphatic heterocycles. The fraction of sp³-hybridized carbons (Fsp3) is 0.478. The van der Waals surface area contributed by atoms with Crippen molar-refractivity contribution in [2.75, 3.05) is 13.7 Å². The first-order valence-corrected chi connectivity index (χ1v) is 11.8. The van der Waals surface area contributed by atoms with E-state index in [4.69, 9.17) is 9.72 Å². The molecule has 1 aromatic carbocycles. The molecule has 3 aromatic rings. The van der Waals surface area contributed by atoms with Crippen LogP contribution in [0.5, 0.6) is 0 Å². The van der Waals surface area contributed by atoms with Gasteiger partial charge in [0.25, 0.3) is 0 Å². The number of benzene rings is 1. The van der Waals surface area contributed by atoms with E-state index in [2.05, 4.69) is 37.2 Å². The molecule has 0 N–H and O–H groups in total. The lowest BCUT2D eigenvalue weighted by Crippen LogP contribution is -2.22. The Morgan fingerprint density at radius 3 is 2.40 bits per heavy atom. The third-order valence-electron chi connectivity index (χ3n) is 5.41. The molecule has 0 saturated heterocycles. The van der Waals surface area contributed by atoms with Crippen LogP contribution in [0.3, 0.4) is 0 Å². The number of aromatic nitrogens is 3. The Balaban J connectivity index is 2.09. The summed E-state index contributed by atoms with van der Waals surface area (Å²) in [6.45, 7) is 10.2. The van der Waals surface area contributed by atoms with E-state index in [-0.39, 0.29) is 15.2 Å². The van der Waals surface area contributed by atoms with Crippen LogP contribution in [-0.4, -0.2) is 36.7 Å². The lowest BCUT2D eigenvalue weighted by molar-refractivity contribution is 0.171. The molecule has 0 fully saturated rings. The van der Waals surface area contributed by atoms with Gasteiger partial charge in [0.2, 0.25) is 9.84 Å². The summed E-state index contributed by atoms with van der Waals surface area (Å²) < 4.78 is 33.6. The second-order valence-electron chi connectivity index (χ2n) is 8.69. The van der Waals surface area contributed by atoms with Crippen molar-refractivity contribution in [2.24, 2.45) is 5.92 Å². The van der Waals surface area contributed by atoms with E-state index in [1.165, 1.54) is 24.5 Å².